The van der Waals surface area contributed by atoms with E-state index >= 15 is 0 Å². The number of hydrogen-bond donors (Lipinski definition) is 1. The molecule has 5 atom stereocenters. The van der Waals surface area contributed by atoms with Crippen LogP contribution in [0, 0.1) is 11.8 Å². The molecule has 218 valence electrons. The zero-order valence-corrected chi connectivity index (χ0v) is 23.4. The molecular weight excluding hydrogens is 526 g/mol. The zero-order valence-electron chi connectivity index (χ0n) is 23.4. The molecule has 1 spiro atoms. The molecule has 4 aliphatic rings. The summed E-state index contributed by atoms with van der Waals surface area (Å²) in [6.07, 6.45) is 11.6. The van der Waals surface area contributed by atoms with Crippen molar-refractivity contribution < 1.29 is 29.0 Å². The Hall–Kier alpha value is -3.57. The molecule has 2 saturated heterocycles. The minimum absolute atomic E-state index is 0.121. The van der Waals surface area contributed by atoms with Gasteiger partial charge in [0.25, 0.3) is 5.91 Å². The number of para-hydroxylation sites is 1. The van der Waals surface area contributed by atoms with Crippen LogP contribution in [0.2, 0.25) is 0 Å². The van der Waals surface area contributed by atoms with Crippen molar-refractivity contribution >= 4 is 28.8 Å². The van der Waals surface area contributed by atoms with Gasteiger partial charge in [0.1, 0.15) is 35.3 Å². The van der Waals surface area contributed by atoms with Crippen LogP contribution < -0.4 is 0 Å². The third-order valence-corrected chi connectivity index (χ3v) is 9.02. The van der Waals surface area contributed by atoms with Gasteiger partial charge in [-0.1, -0.05) is 61.4 Å². The van der Waals surface area contributed by atoms with Crippen molar-refractivity contribution in [2.45, 2.75) is 69.4 Å². The number of fused-ring (bicyclic) bond motifs is 3. The number of ether oxygens (including phenoxy) is 2. The van der Waals surface area contributed by atoms with Gasteiger partial charge in [0.05, 0.1) is 18.0 Å². The minimum atomic E-state index is -1.31. The number of rotatable bonds is 9. The molecule has 4 aliphatic heterocycles. The van der Waals surface area contributed by atoms with Crippen molar-refractivity contribution in [1.29, 1.82) is 0 Å². The maximum absolute atomic E-state index is 14.5. The molecule has 2 aromatic rings. The highest BCUT2D eigenvalue weighted by Crippen LogP contribution is 2.58. The SMILES string of the molecule is CC[C@@]12C=CCCOC(=O)[C@@H]1[C@H]1C(=O)N(CCCCCCO)C3C(=O)N(Cn4nnc5ccccc54)CC=C[C@@]31O2. The number of carbonyl (C=O) groups is 3. The van der Waals surface area contributed by atoms with E-state index < -0.39 is 35.0 Å². The Morgan fingerprint density at radius 3 is 2.68 bits per heavy atom. The van der Waals surface area contributed by atoms with E-state index in [1.165, 1.54) is 0 Å². The van der Waals surface area contributed by atoms with Gasteiger partial charge in [0.2, 0.25) is 5.91 Å². The fourth-order valence-corrected chi connectivity index (χ4v) is 7.07. The van der Waals surface area contributed by atoms with Gasteiger partial charge < -0.3 is 24.4 Å². The first-order chi connectivity index (χ1) is 20.0. The van der Waals surface area contributed by atoms with E-state index in [-0.39, 0.29) is 31.7 Å². The number of nitrogens with zero attached hydrogens (tertiary/aromatic N) is 5. The first-order valence-electron chi connectivity index (χ1n) is 14.7. The molecule has 1 aromatic carbocycles. The van der Waals surface area contributed by atoms with Crippen LogP contribution in [0.15, 0.2) is 48.6 Å². The molecule has 2 amide bonds. The molecular formula is C30H37N5O6. The van der Waals surface area contributed by atoms with Crippen LogP contribution in [0.1, 0.15) is 45.4 Å². The lowest BCUT2D eigenvalue weighted by Crippen LogP contribution is -2.56. The quantitative estimate of drug-likeness (QED) is 0.280. The lowest BCUT2D eigenvalue weighted by Gasteiger charge is -2.38. The van der Waals surface area contributed by atoms with Gasteiger partial charge in [-0.3, -0.25) is 14.4 Å². The van der Waals surface area contributed by atoms with Crippen LogP contribution in [-0.2, 0) is 30.5 Å². The zero-order chi connectivity index (χ0) is 28.6. The number of aliphatic hydroxyl groups excluding tert-OH is 1. The number of aliphatic hydroxyl groups is 1. The summed E-state index contributed by atoms with van der Waals surface area (Å²) in [5, 5.41) is 17.7. The van der Waals surface area contributed by atoms with Gasteiger partial charge in [-0.15, -0.1) is 5.10 Å². The predicted molar refractivity (Wildman–Crippen MR) is 148 cm³/mol. The highest BCUT2D eigenvalue weighted by atomic mass is 16.6. The van der Waals surface area contributed by atoms with E-state index in [2.05, 4.69) is 10.3 Å². The molecule has 5 heterocycles. The van der Waals surface area contributed by atoms with Gasteiger partial charge >= 0.3 is 5.97 Å². The second kappa shape index (κ2) is 11.0. The number of unbranched alkanes of at least 4 members (excludes halogenated alkanes) is 3. The second-order valence-electron chi connectivity index (χ2n) is 11.3. The molecule has 6 rings (SSSR count). The molecule has 1 N–H and O–H groups in total. The fourth-order valence-electron chi connectivity index (χ4n) is 7.07. The Labute approximate surface area is 238 Å². The van der Waals surface area contributed by atoms with Crippen molar-refractivity contribution in [3.63, 3.8) is 0 Å². The third kappa shape index (κ3) is 4.46. The van der Waals surface area contributed by atoms with E-state index in [1.54, 1.807) is 14.5 Å². The monoisotopic (exact) mass is 563 g/mol. The molecule has 0 bridgehead atoms. The molecule has 41 heavy (non-hydrogen) atoms. The average Bonchev–Trinajstić information content (AvgIpc) is 3.54. The van der Waals surface area contributed by atoms with Gasteiger partial charge in [0.15, 0.2) is 0 Å². The van der Waals surface area contributed by atoms with E-state index in [1.807, 2.05) is 55.5 Å². The van der Waals surface area contributed by atoms with Crippen LogP contribution in [-0.4, -0.2) is 91.2 Å². The highest BCUT2D eigenvalue weighted by molar-refractivity contribution is 5.99. The normalized spacial score (nSPS) is 31.1. The first kappa shape index (κ1) is 27.6. The molecule has 0 radical (unpaired) electrons. The molecule has 11 heteroatoms. The van der Waals surface area contributed by atoms with Crippen LogP contribution in [0.5, 0.6) is 0 Å². The molecule has 0 saturated carbocycles. The van der Waals surface area contributed by atoms with E-state index in [9.17, 15) is 19.5 Å². The second-order valence-corrected chi connectivity index (χ2v) is 11.3. The number of benzene rings is 1. The van der Waals surface area contributed by atoms with Crippen LogP contribution in [0.3, 0.4) is 0 Å². The number of amides is 2. The van der Waals surface area contributed by atoms with Crippen LogP contribution in [0.25, 0.3) is 11.0 Å². The maximum atomic E-state index is 14.5. The van der Waals surface area contributed by atoms with Crippen molar-refractivity contribution in [3.8, 4) is 0 Å². The topological polar surface area (TPSA) is 127 Å². The number of esters is 1. The predicted octanol–water partition coefficient (Wildman–Crippen LogP) is 2.20. The Morgan fingerprint density at radius 2 is 1.85 bits per heavy atom. The van der Waals surface area contributed by atoms with Crippen molar-refractivity contribution in [2.24, 2.45) is 11.8 Å². The van der Waals surface area contributed by atoms with Gasteiger partial charge in [-0.2, -0.15) is 0 Å². The number of carbonyl (C=O) groups excluding carboxylic acids is 3. The Bertz CT molecular complexity index is 1390. The number of aromatic nitrogens is 3. The Balaban J connectivity index is 1.39. The average molecular weight is 564 g/mol. The van der Waals surface area contributed by atoms with Gasteiger partial charge in [-0.25, -0.2) is 4.68 Å². The number of likely N-dealkylation sites (tertiary alicyclic amines) is 1. The van der Waals surface area contributed by atoms with Gasteiger partial charge in [-0.05, 0) is 37.8 Å². The van der Waals surface area contributed by atoms with Crippen molar-refractivity contribution in [1.82, 2.24) is 24.8 Å². The molecule has 1 unspecified atom stereocenters. The summed E-state index contributed by atoms with van der Waals surface area (Å²) in [6, 6.07) is 6.62. The number of cyclic esters (lactones) is 1. The van der Waals surface area contributed by atoms with E-state index in [0.717, 1.165) is 23.9 Å². The Kier molecular flexibility index (Phi) is 7.41. The summed E-state index contributed by atoms with van der Waals surface area (Å²) in [5.74, 6) is -2.70. The lowest BCUT2D eigenvalue weighted by atomic mass is 9.73. The number of hydrogen-bond acceptors (Lipinski definition) is 8. The standard InChI is InChI=1S/C30H37N5O6/c1-2-29-14-7-10-19-40-28(39)24(29)23-26(37)34(17-8-3-4-9-18-36)25-27(38)33(16-11-15-30(23,25)41-29)20-35-22-13-6-5-12-21(22)31-32-35/h5-7,11-15,23-25,36H,2-4,8-10,16-20H2,1H3/t23-,24-,25?,29+,30-/m0/s1. The highest BCUT2D eigenvalue weighted by Gasteiger charge is 2.75. The third-order valence-electron chi connectivity index (χ3n) is 9.02. The summed E-state index contributed by atoms with van der Waals surface area (Å²) in [5.41, 5.74) is -0.830. The molecule has 0 aliphatic carbocycles. The summed E-state index contributed by atoms with van der Waals surface area (Å²) in [7, 11) is 0. The van der Waals surface area contributed by atoms with Crippen molar-refractivity contribution in [2.75, 3.05) is 26.3 Å². The van der Waals surface area contributed by atoms with Crippen molar-refractivity contribution in [3.05, 3.63) is 48.6 Å². The molecule has 1 aromatic heterocycles. The van der Waals surface area contributed by atoms with Crippen LogP contribution >= 0.6 is 0 Å². The summed E-state index contributed by atoms with van der Waals surface area (Å²) in [6.45, 7) is 3.11. The van der Waals surface area contributed by atoms with Gasteiger partial charge in [0, 0.05) is 19.7 Å². The smallest absolute Gasteiger partial charge is 0.313 e. The van der Waals surface area contributed by atoms with E-state index in [0.29, 0.717) is 38.8 Å². The van der Waals surface area contributed by atoms with E-state index in [4.69, 9.17) is 9.47 Å². The molecule has 2 fully saturated rings. The molecule has 11 nitrogen and oxygen atoms in total. The Morgan fingerprint density at radius 1 is 1.02 bits per heavy atom. The largest absolute Gasteiger partial charge is 0.465 e. The summed E-state index contributed by atoms with van der Waals surface area (Å²) >= 11 is 0. The summed E-state index contributed by atoms with van der Waals surface area (Å²) < 4.78 is 14.2. The minimum Gasteiger partial charge on any atom is -0.465 e. The summed E-state index contributed by atoms with van der Waals surface area (Å²) in [4.78, 5) is 45.6. The maximum Gasteiger partial charge on any atom is 0.313 e. The van der Waals surface area contributed by atoms with Crippen LogP contribution in [0.4, 0.5) is 0 Å². The lowest BCUT2D eigenvalue weighted by molar-refractivity contribution is -0.162. The first-order valence-corrected chi connectivity index (χ1v) is 14.7. The fraction of sp³-hybridized carbons (Fsp3) is 0.567.